The third-order valence-electron chi connectivity index (χ3n) is 3.24. The van der Waals surface area contributed by atoms with Crippen LogP contribution in [-0.4, -0.2) is 5.91 Å². The first-order valence-corrected chi connectivity index (χ1v) is 7.00. The van der Waals surface area contributed by atoms with Crippen molar-refractivity contribution in [3.05, 3.63) is 70.8 Å². The van der Waals surface area contributed by atoms with Crippen molar-refractivity contribution in [1.82, 2.24) is 0 Å². The van der Waals surface area contributed by atoms with Gasteiger partial charge in [-0.15, -0.1) is 0 Å². The number of hydrogen-bond donors (Lipinski definition) is 1. The third kappa shape index (κ3) is 4.24. The molecule has 0 heterocycles. The molecule has 0 aliphatic carbocycles. The van der Waals surface area contributed by atoms with Crippen molar-refractivity contribution >= 4 is 17.7 Å². The summed E-state index contributed by atoms with van der Waals surface area (Å²) in [4.78, 5) is 12.1. The second kappa shape index (κ2) is 7.32. The van der Waals surface area contributed by atoms with Crippen LogP contribution in [0.2, 0.25) is 0 Å². The molecule has 0 saturated heterocycles. The SMILES string of the molecule is CCc1ccc(NC(=O)C(C#N)=Cc2ccc(F)c(F)c2)cc1. The normalized spacial score (nSPS) is 11.0. The van der Waals surface area contributed by atoms with Crippen molar-refractivity contribution in [2.75, 3.05) is 5.32 Å². The number of rotatable bonds is 4. The summed E-state index contributed by atoms with van der Waals surface area (Å²) in [5, 5.41) is 11.7. The smallest absolute Gasteiger partial charge is 0.266 e. The van der Waals surface area contributed by atoms with Gasteiger partial charge in [-0.25, -0.2) is 8.78 Å². The van der Waals surface area contributed by atoms with E-state index in [-0.39, 0.29) is 11.1 Å². The minimum atomic E-state index is -1.04. The molecule has 0 bridgehead atoms. The van der Waals surface area contributed by atoms with E-state index < -0.39 is 17.5 Å². The molecule has 0 spiro atoms. The molecule has 1 amide bonds. The topological polar surface area (TPSA) is 52.9 Å². The second-order valence-corrected chi connectivity index (χ2v) is 4.85. The summed E-state index contributed by atoms with van der Waals surface area (Å²) < 4.78 is 26.1. The maximum absolute atomic E-state index is 13.2. The van der Waals surface area contributed by atoms with E-state index in [1.807, 2.05) is 19.1 Å². The fourth-order valence-corrected chi connectivity index (χ4v) is 1.94. The average Bonchev–Trinajstić information content (AvgIpc) is 2.56. The Morgan fingerprint density at radius 3 is 2.43 bits per heavy atom. The number of benzene rings is 2. The van der Waals surface area contributed by atoms with Gasteiger partial charge in [0.25, 0.3) is 5.91 Å². The van der Waals surface area contributed by atoms with Crippen LogP contribution in [-0.2, 0) is 11.2 Å². The Labute approximate surface area is 132 Å². The Hall–Kier alpha value is -3.00. The summed E-state index contributed by atoms with van der Waals surface area (Å²) in [6.45, 7) is 2.02. The predicted molar refractivity (Wildman–Crippen MR) is 84.4 cm³/mol. The molecule has 0 aliphatic heterocycles. The number of hydrogen-bond acceptors (Lipinski definition) is 2. The van der Waals surface area contributed by atoms with Gasteiger partial charge >= 0.3 is 0 Å². The number of halogens is 2. The van der Waals surface area contributed by atoms with Gasteiger partial charge in [0.15, 0.2) is 11.6 Å². The van der Waals surface area contributed by atoms with Crippen molar-refractivity contribution in [3.8, 4) is 6.07 Å². The summed E-state index contributed by atoms with van der Waals surface area (Å²) in [5.41, 5.74) is 1.71. The highest BCUT2D eigenvalue weighted by Gasteiger charge is 2.10. The van der Waals surface area contributed by atoms with Crippen molar-refractivity contribution in [2.24, 2.45) is 0 Å². The van der Waals surface area contributed by atoms with Gasteiger partial charge in [-0.05, 0) is 47.9 Å². The Morgan fingerprint density at radius 2 is 1.87 bits per heavy atom. The van der Waals surface area contributed by atoms with Crippen molar-refractivity contribution in [1.29, 1.82) is 5.26 Å². The van der Waals surface area contributed by atoms with E-state index in [0.29, 0.717) is 5.69 Å². The van der Waals surface area contributed by atoms with Gasteiger partial charge in [0, 0.05) is 5.69 Å². The molecule has 23 heavy (non-hydrogen) atoms. The number of carbonyl (C=O) groups is 1. The van der Waals surface area contributed by atoms with Gasteiger partial charge in [0.1, 0.15) is 11.6 Å². The van der Waals surface area contributed by atoms with E-state index in [1.54, 1.807) is 18.2 Å². The zero-order valence-corrected chi connectivity index (χ0v) is 12.4. The lowest BCUT2D eigenvalue weighted by Gasteiger charge is -2.05. The Morgan fingerprint density at radius 1 is 1.17 bits per heavy atom. The fraction of sp³-hybridized carbons (Fsp3) is 0.111. The van der Waals surface area contributed by atoms with Gasteiger partial charge < -0.3 is 5.32 Å². The quantitative estimate of drug-likeness (QED) is 0.683. The summed E-state index contributed by atoms with van der Waals surface area (Å²) >= 11 is 0. The molecule has 0 atom stereocenters. The molecule has 3 nitrogen and oxygen atoms in total. The lowest BCUT2D eigenvalue weighted by molar-refractivity contribution is -0.112. The van der Waals surface area contributed by atoms with Crippen LogP contribution >= 0.6 is 0 Å². The summed E-state index contributed by atoms with van der Waals surface area (Å²) in [6.07, 6.45) is 2.09. The third-order valence-corrected chi connectivity index (χ3v) is 3.24. The maximum atomic E-state index is 13.2. The van der Waals surface area contributed by atoms with Crippen molar-refractivity contribution in [2.45, 2.75) is 13.3 Å². The molecule has 2 aromatic rings. The van der Waals surface area contributed by atoms with Crippen LogP contribution in [0.1, 0.15) is 18.1 Å². The van der Waals surface area contributed by atoms with Crippen LogP contribution in [0.3, 0.4) is 0 Å². The summed E-state index contributed by atoms with van der Waals surface area (Å²) in [5.74, 6) is -2.63. The number of aryl methyl sites for hydroxylation is 1. The first-order chi connectivity index (χ1) is 11.0. The van der Waals surface area contributed by atoms with Gasteiger partial charge in [-0.3, -0.25) is 4.79 Å². The summed E-state index contributed by atoms with van der Waals surface area (Å²) in [6, 6.07) is 12.1. The maximum Gasteiger partial charge on any atom is 0.266 e. The van der Waals surface area contributed by atoms with Crippen LogP contribution < -0.4 is 5.32 Å². The monoisotopic (exact) mass is 312 g/mol. The van der Waals surface area contributed by atoms with Crippen molar-refractivity contribution in [3.63, 3.8) is 0 Å². The van der Waals surface area contributed by atoms with Crippen LogP contribution in [0.15, 0.2) is 48.0 Å². The number of anilines is 1. The minimum absolute atomic E-state index is 0.199. The number of nitriles is 1. The largest absolute Gasteiger partial charge is 0.321 e. The first-order valence-electron chi connectivity index (χ1n) is 7.00. The lowest BCUT2D eigenvalue weighted by atomic mass is 10.1. The lowest BCUT2D eigenvalue weighted by Crippen LogP contribution is -2.13. The molecule has 0 aliphatic rings. The molecule has 5 heteroatoms. The van der Waals surface area contributed by atoms with Gasteiger partial charge in [-0.1, -0.05) is 25.1 Å². The zero-order chi connectivity index (χ0) is 16.8. The van der Waals surface area contributed by atoms with Gasteiger partial charge in [0.2, 0.25) is 0 Å². The minimum Gasteiger partial charge on any atom is -0.321 e. The molecule has 0 fully saturated rings. The van der Waals surface area contributed by atoms with Crippen LogP contribution in [0.4, 0.5) is 14.5 Å². The fourth-order valence-electron chi connectivity index (χ4n) is 1.94. The van der Waals surface area contributed by atoms with Gasteiger partial charge in [0.05, 0.1) is 0 Å². The molecule has 0 saturated carbocycles. The molecule has 2 rings (SSSR count). The van der Waals surface area contributed by atoms with Gasteiger partial charge in [-0.2, -0.15) is 5.26 Å². The number of nitrogens with zero attached hydrogens (tertiary/aromatic N) is 1. The molecule has 0 radical (unpaired) electrons. The highest BCUT2D eigenvalue weighted by Crippen LogP contribution is 2.15. The summed E-state index contributed by atoms with van der Waals surface area (Å²) in [7, 11) is 0. The van der Waals surface area contributed by atoms with Crippen molar-refractivity contribution < 1.29 is 13.6 Å². The Bertz CT molecular complexity index is 790. The number of nitrogens with one attached hydrogen (secondary N) is 1. The van der Waals surface area contributed by atoms with Crippen LogP contribution in [0.25, 0.3) is 6.08 Å². The van der Waals surface area contributed by atoms with Crippen LogP contribution in [0.5, 0.6) is 0 Å². The van der Waals surface area contributed by atoms with E-state index in [0.717, 1.165) is 24.1 Å². The number of amides is 1. The van der Waals surface area contributed by atoms with E-state index in [4.69, 9.17) is 5.26 Å². The molecule has 116 valence electrons. The Balaban J connectivity index is 2.18. The standard InChI is InChI=1S/C18H14F2N2O/c1-2-12-3-6-15(7-4-12)22-18(23)14(11-21)9-13-5-8-16(19)17(20)10-13/h3-10H,2H2,1H3,(H,22,23). The second-order valence-electron chi connectivity index (χ2n) is 4.85. The highest BCUT2D eigenvalue weighted by atomic mass is 19.2. The highest BCUT2D eigenvalue weighted by molar-refractivity contribution is 6.09. The molecular formula is C18H14F2N2O. The molecular weight excluding hydrogens is 298 g/mol. The molecule has 0 unspecified atom stereocenters. The predicted octanol–water partition coefficient (Wildman–Crippen LogP) is 4.07. The van der Waals surface area contributed by atoms with Crippen LogP contribution in [0, 0.1) is 23.0 Å². The molecule has 0 aromatic heterocycles. The Kier molecular flexibility index (Phi) is 5.21. The first kappa shape index (κ1) is 16.4. The molecule has 2 aromatic carbocycles. The average molecular weight is 312 g/mol. The molecule has 1 N–H and O–H groups in total. The zero-order valence-electron chi connectivity index (χ0n) is 12.4. The number of carbonyl (C=O) groups excluding carboxylic acids is 1. The van der Waals surface area contributed by atoms with E-state index in [9.17, 15) is 13.6 Å². The van der Waals surface area contributed by atoms with E-state index >= 15 is 0 Å². The van der Waals surface area contributed by atoms with E-state index in [1.165, 1.54) is 12.1 Å². The van der Waals surface area contributed by atoms with E-state index in [2.05, 4.69) is 5.32 Å².